The second-order valence-corrected chi connectivity index (χ2v) is 6.21. The molecule has 9 heteroatoms. The van der Waals surface area contributed by atoms with Crippen LogP contribution >= 0.6 is 0 Å². The highest BCUT2D eigenvalue weighted by Crippen LogP contribution is 2.32. The number of hydrogen-bond donors (Lipinski definition) is 0. The molecule has 2 aromatic carbocycles. The highest BCUT2D eigenvalue weighted by Gasteiger charge is 2.49. The molecule has 2 rings (SSSR count). The lowest BCUT2D eigenvalue weighted by atomic mass is 10.0. The lowest BCUT2D eigenvalue weighted by Gasteiger charge is -2.13. The third-order valence-corrected chi connectivity index (χ3v) is 3.95. The van der Waals surface area contributed by atoms with E-state index in [2.05, 4.69) is 8.92 Å². The summed E-state index contributed by atoms with van der Waals surface area (Å²) in [7, 11) is -4.88. The van der Waals surface area contributed by atoms with Gasteiger partial charge >= 0.3 is 21.6 Å². The second-order valence-electron chi connectivity index (χ2n) is 4.67. The molecule has 124 valence electrons. The minimum absolute atomic E-state index is 0.413. The fourth-order valence-electron chi connectivity index (χ4n) is 1.90. The van der Waals surface area contributed by atoms with Crippen molar-refractivity contribution in [3.8, 4) is 5.75 Å². The Hall–Kier alpha value is -2.29. The van der Waals surface area contributed by atoms with Gasteiger partial charge in [-0.15, -0.1) is 0 Å². The summed E-state index contributed by atoms with van der Waals surface area (Å²) in [5.41, 5.74) is -5.17. The number of carbonyl (C=O) groups excluding carboxylic acids is 1. The maximum Gasteiger partial charge on any atom is 0.534 e. The normalized spacial score (nSPS) is 12.2. The number of carbonyl (C=O) groups is 1. The highest BCUT2D eigenvalue weighted by molar-refractivity contribution is 7.88. The van der Waals surface area contributed by atoms with E-state index >= 15 is 0 Å². The van der Waals surface area contributed by atoms with E-state index in [1.54, 1.807) is 25.1 Å². The second kappa shape index (κ2) is 5.73. The average Bonchev–Trinajstić information content (AvgIpc) is 2.44. The van der Waals surface area contributed by atoms with Gasteiger partial charge in [0.1, 0.15) is 5.56 Å². The molecule has 0 atom stereocenters. The first-order valence-electron chi connectivity index (χ1n) is 6.18. The Morgan fingerprint density at radius 1 is 1.09 bits per heavy atom. The molecule has 23 heavy (non-hydrogen) atoms. The topological polar surface area (TPSA) is 69.7 Å². The highest BCUT2D eigenvalue weighted by atomic mass is 32.2. The lowest BCUT2D eigenvalue weighted by Crippen LogP contribution is -2.28. The van der Waals surface area contributed by atoms with Crippen LogP contribution in [0.25, 0.3) is 10.8 Å². The number of alkyl halides is 3. The summed E-state index contributed by atoms with van der Waals surface area (Å²) >= 11 is 0. The largest absolute Gasteiger partial charge is 0.534 e. The number of methoxy groups -OCH3 is 1. The van der Waals surface area contributed by atoms with Gasteiger partial charge in [0.2, 0.25) is 0 Å². The molecule has 2 aromatic rings. The molecule has 0 saturated carbocycles. The molecule has 0 unspecified atom stereocenters. The molecule has 0 bridgehead atoms. The maximum atomic E-state index is 12.5. The van der Waals surface area contributed by atoms with Crippen molar-refractivity contribution in [2.45, 2.75) is 12.4 Å². The molecule has 0 aromatic heterocycles. The predicted molar refractivity (Wildman–Crippen MR) is 75.6 cm³/mol. The number of ether oxygens (including phenoxy) is 1. The number of rotatable bonds is 3. The molecule has 0 spiro atoms. The van der Waals surface area contributed by atoms with E-state index in [9.17, 15) is 26.4 Å². The third kappa shape index (κ3) is 3.39. The van der Waals surface area contributed by atoms with Gasteiger partial charge in [-0.1, -0.05) is 23.8 Å². The molecular formula is C14H11F3O5S. The van der Waals surface area contributed by atoms with Crippen LogP contribution in [0.5, 0.6) is 5.75 Å². The van der Waals surface area contributed by atoms with Crippen molar-refractivity contribution in [1.29, 1.82) is 0 Å². The van der Waals surface area contributed by atoms with E-state index < -0.39 is 32.9 Å². The summed E-state index contributed by atoms with van der Waals surface area (Å²) in [6.45, 7) is 1.79. The Kier molecular flexibility index (Phi) is 4.25. The average molecular weight is 348 g/mol. The molecule has 0 radical (unpaired) electrons. The van der Waals surface area contributed by atoms with Gasteiger partial charge in [-0.25, -0.2) is 4.79 Å². The predicted octanol–water partition coefficient (Wildman–Crippen LogP) is 3.16. The third-order valence-electron chi connectivity index (χ3n) is 2.98. The molecule has 0 N–H and O–H groups in total. The SMILES string of the molecule is COC(=O)c1cc2cc(C)ccc2cc1OS(=O)(=O)C(F)(F)F. The minimum Gasteiger partial charge on any atom is -0.465 e. The van der Waals surface area contributed by atoms with E-state index in [0.29, 0.717) is 10.8 Å². The van der Waals surface area contributed by atoms with E-state index in [1.165, 1.54) is 6.07 Å². The Balaban J connectivity index is 2.66. The summed E-state index contributed by atoms with van der Waals surface area (Å²) in [5, 5.41) is 0.942. The van der Waals surface area contributed by atoms with E-state index in [0.717, 1.165) is 18.7 Å². The van der Waals surface area contributed by atoms with Crippen molar-refractivity contribution < 1.29 is 35.3 Å². The molecule has 0 aliphatic heterocycles. The molecule has 0 aliphatic rings. The zero-order valence-electron chi connectivity index (χ0n) is 12.0. The molecule has 0 amide bonds. The summed E-state index contributed by atoms with van der Waals surface area (Å²) in [6, 6.07) is 7.20. The first kappa shape index (κ1) is 17.1. The maximum absolute atomic E-state index is 12.5. The quantitative estimate of drug-likeness (QED) is 0.484. The van der Waals surface area contributed by atoms with Gasteiger partial charge in [0.15, 0.2) is 5.75 Å². The smallest absolute Gasteiger partial charge is 0.465 e. The molecule has 0 heterocycles. The van der Waals surface area contributed by atoms with Crippen LogP contribution in [0, 0.1) is 6.92 Å². The number of aryl methyl sites for hydroxylation is 1. The lowest BCUT2D eigenvalue weighted by molar-refractivity contribution is -0.0500. The van der Waals surface area contributed by atoms with Crippen LogP contribution in [0.15, 0.2) is 30.3 Å². The number of benzene rings is 2. The van der Waals surface area contributed by atoms with Crippen LogP contribution in [0.1, 0.15) is 15.9 Å². The van der Waals surface area contributed by atoms with Gasteiger partial charge in [0.05, 0.1) is 7.11 Å². The van der Waals surface area contributed by atoms with E-state index in [-0.39, 0.29) is 0 Å². The van der Waals surface area contributed by atoms with Gasteiger partial charge in [-0.05, 0) is 29.8 Å². The minimum atomic E-state index is -5.90. The van der Waals surface area contributed by atoms with Gasteiger partial charge < -0.3 is 8.92 Å². The van der Waals surface area contributed by atoms with Gasteiger partial charge in [0.25, 0.3) is 0 Å². The van der Waals surface area contributed by atoms with Crippen LogP contribution in [-0.2, 0) is 14.9 Å². The molecule has 5 nitrogen and oxygen atoms in total. The van der Waals surface area contributed by atoms with Crippen LogP contribution in [0.4, 0.5) is 13.2 Å². The van der Waals surface area contributed by atoms with Gasteiger partial charge in [-0.3, -0.25) is 0 Å². The zero-order chi connectivity index (χ0) is 17.4. The fraction of sp³-hybridized carbons (Fsp3) is 0.214. The van der Waals surface area contributed by atoms with E-state index in [4.69, 9.17) is 0 Å². The summed E-state index contributed by atoms with van der Waals surface area (Å²) in [4.78, 5) is 11.7. The van der Waals surface area contributed by atoms with Crippen molar-refractivity contribution >= 4 is 26.9 Å². The fourth-order valence-corrected chi connectivity index (χ4v) is 2.37. The number of hydrogen-bond acceptors (Lipinski definition) is 5. The van der Waals surface area contributed by atoms with Crippen molar-refractivity contribution in [2.75, 3.05) is 7.11 Å². The summed E-state index contributed by atoms with van der Waals surface area (Å²) in [6.07, 6.45) is 0. The van der Waals surface area contributed by atoms with Crippen LogP contribution in [-0.4, -0.2) is 27.0 Å². The van der Waals surface area contributed by atoms with E-state index in [1.807, 2.05) is 0 Å². The Morgan fingerprint density at radius 2 is 1.74 bits per heavy atom. The summed E-state index contributed by atoms with van der Waals surface area (Å²) in [5.74, 6) is -1.76. The van der Waals surface area contributed by atoms with Crippen molar-refractivity contribution in [1.82, 2.24) is 0 Å². The number of esters is 1. The van der Waals surface area contributed by atoms with Crippen LogP contribution in [0.3, 0.4) is 0 Å². The first-order chi connectivity index (χ1) is 10.5. The number of fused-ring (bicyclic) bond motifs is 1. The Morgan fingerprint density at radius 3 is 2.30 bits per heavy atom. The monoisotopic (exact) mass is 348 g/mol. The molecule has 0 saturated heterocycles. The standard InChI is InChI=1S/C14H11F3O5S/c1-8-3-4-9-7-12(22-23(19,20)14(15,16)17)11(13(18)21-2)6-10(9)5-8/h3-7H,1-2H3. The van der Waals surface area contributed by atoms with Crippen molar-refractivity contribution in [3.63, 3.8) is 0 Å². The molecular weight excluding hydrogens is 337 g/mol. The molecule has 0 aliphatic carbocycles. The van der Waals surface area contributed by atoms with Crippen LogP contribution in [0.2, 0.25) is 0 Å². The summed E-state index contributed by atoms with van der Waals surface area (Å²) < 4.78 is 68.3. The Bertz CT molecular complexity index is 872. The van der Waals surface area contributed by atoms with Gasteiger partial charge in [-0.2, -0.15) is 21.6 Å². The number of halogens is 3. The van der Waals surface area contributed by atoms with Gasteiger partial charge in [0, 0.05) is 0 Å². The van der Waals surface area contributed by atoms with Crippen LogP contribution < -0.4 is 4.18 Å². The van der Waals surface area contributed by atoms with Crippen molar-refractivity contribution in [2.24, 2.45) is 0 Å². The van der Waals surface area contributed by atoms with Crippen molar-refractivity contribution in [3.05, 3.63) is 41.5 Å². The zero-order valence-corrected chi connectivity index (χ0v) is 12.8. The molecule has 0 fully saturated rings. The first-order valence-corrected chi connectivity index (χ1v) is 7.59. The Labute approximate surface area is 129 Å².